The smallest absolute Gasteiger partial charge is 0.287 e. The van der Waals surface area contributed by atoms with Gasteiger partial charge < -0.3 is 0 Å². The van der Waals surface area contributed by atoms with Crippen molar-refractivity contribution in [3.05, 3.63) is 0 Å². The van der Waals surface area contributed by atoms with E-state index in [1.165, 1.54) is 0 Å². The Labute approximate surface area is 403 Å². The maximum Gasteiger partial charge on any atom is 0.474 e. The van der Waals surface area contributed by atoms with Gasteiger partial charge in [-0.05, 0) is 0 Å². The molecule has 0 heterocycles. The highest BCUT2D eigenvalue weighted by atomic mass is 31.2. The van der Waals surface area contributed by atoms with Crippen molar-refractivity contribution in [3.8, 4) is 0 Å². The Bertz CT molecular complexity index is 2090. The van der Waals surface area contributed by atoms with Gasteiger partial charge in [0.25, 0.3) is 0 Å². The quantitative estimate of drug-likeness (QED) is 0.0578. The van der Waals surface area contributed by atoms with Crippen LogP contribution in [0.4, 0.5) is 206 Å². The number of phosphoric ester groups is 1. The van der Waals surface area contributed by atoms with Gasteiger partial charge in [0.1, 0.15) is 0 Å². The molecule has 0 aromatic rings. The molecule has 0 saturated carbocycles. The van der Waals surface area contributed by atoms with Crippen LogP contribution in [0.2, 0.25) is 0 Å². The van der Waals surface area contributed by atoms with Crippen LogP contribution in [0.1, 0.15) is 19.3 Å². The van der Waals surface area contributed by atoms with E-state index in [0.29, 0.717) is 0 Å². The Morgan fingerprint density at radius 3 is 0.425 bits per heavy atom. The molecule has 0 N–H and O–H groups in total. The summed E-state index contributed by atoms with van der Waals surface area (Å²) in [7, 11) is -7.85. The number of hydrogen-bond donors (Lipinski definition) is 0. The van der Waals surface area contributed by atoms with Crippen LogP contribution >= 0.6 is 7.82 Å². The minimum atomic E-state index is -9.86. The highest BCUT2D eigenvalue weighted by molar-refractivity contribution is 7.48. The molecule has 0 aromatic carbocycles. The van der Waals surface area contributed by atoms with Gasteiger partial charge in [0.15, 0.2) is 0 Å². The molecule has 52 heteroatoms. The van der Waals surface area contributed by atoms with Crippen LogP contribution in [0, 0.1) is 0 Å². The topological polar surface area (TPSA) is 44.8 Å². The maximum atomic E-state index is 14.4. The van der Waals surface area contributed by atoms with Crippen LogP contribution in [0.3, 0.4) is 0 Å². The fraction of sp³-hybridized carbons (Fsp3) is 1.00. The van der Waals surface area contributed by atoms with E-state index in [0.717, 1.165) is 0 Å². The van der Waals surface area contributed by atoms with Crippen molar-refractivity contribution in [2.24, 2.45) is 0 Å². The third kappa shape index (κ3) is 11.1. The lowest BCUT2D eigenvalue weighted by Gasteiger charge is -2.44. The predicted octanol–water partition coefficient (Wildman–Crippen LogP) is 17.1. The van der Waals surface area contributed by atoms with Crippen LogP contribution in [0.5, 0.6) is 0 Å². The van der Waals surface area contributed by atoms with Crippen LogP contribution in [0.25, 0.3) is 0 Å². The molecule has 0 rings (SSSR count). The predicted molar refractivity (Wildman–Crippen MR) is 151 cm³/mol. The molecule has 0 aliphatic heterocycles. The van der Waals surface area contributed by atoms with Gasteiger partial charge in [-0.15, -0.1) is 0 Å². The summed E-state index contributed by atoms with van der Waals surface area (Å²) in [6.07, 6.45) is -37.3. The second kappa shape index (κ2) is 20.5. The molecular weight excluding hydrogens is 1320 g/mol. The Morgan fingerprint density at radius 1 is 0.188 bits per heavy atom. The summed E-state index contributed by atoms with van der Waals surface area (Å²) in [5.74, 6) is -169. The molecule has 80 heavy (non-hydrogen) atoms. The van der Waals surface area contributed by atoms with E-state index in [1.54, 1.807) is 0 Å². The van der Waals surface area contributed by atoms with E-state index in [9.17, 15) is 211 Å². The van der Waals surface area contributed by atoms with E-state index in [-0.39, 0.29) is 0 Å². The van der Waals surface area contributed by atoms with E-state index >= 15 is 0 Å². The van der Waals surface area contributed by atoms with Gasteiger partial charge >= 0.3 is 139 Å². The number of halogens is 47. The molecule has 0 atom stereocenters. The van der Waals surface area contributed by atoms with Gasteiger partial charge in [0.05, 0.1) is 19.8 Å². The summed E-state index contributed by atoms with van der Waals surface area (Å²) in [5.41, 5.74) is 0. The zero-order valence-corrected chi connectivity index (χ0v) is 36.0. The Kier molecular flexibility index (Phi) is 19.7. The second-order valence-electron chi connectivity index (χ2n) is 15.0. The Balaban J connectivity index is 7.58. The number of alkyl halides is 47. The first kappa shape index (κ1) is 76.8. The lowest BCUT2D eigenvalue weighted by atomic mass is 9.86. The molecule has 0 aliphatic rings. The van der Waals surface area contributed by atoms with Crippen LogP contribution in [0.15, 0.2) is 0 Å². The Morgan fingerprint density at radius 2 is 0.300 bits per heavy atom. The summed E-state index contributed by atoms with van der Waals surface area (Å²) in [6.45, 7) is -11.0. The normalized spacial score (nSPS) is 16.9. The molecule has 0 amide bonds. The highest BCUT2D eigenvalue weighted by Gasteiger charge is 2.98. The van der Waals surface area contributed by atoms with Gasteiger partial charge in [-0.3, -0.25) is 13.6 Å². The van der Waals surface area contributed by atoms with Crippen molar-refractivity contribution in [3.63, 3.8) is 0 Å². The molecular formula is C28H12F47O4P. The third-order valence-electron chi connectivity index (χ3n) is 9.57. The van der Waals surface area contributed by atoms with E-state index in [4.69, 9.17) is 0 Å². The number of rotatable bonds is 28. The van der Waals surface area contributed by atoms with Crippen molar-refractivity contribution >= 4 is 7.82 Å². The van der Waals surface area contributed by atoms with Crippen molar-refractivity contribution in [2.45, 2.75) is 150 Å². The molecule has 4 nitrogen and oxygen atoms in total. The van der Waals surface area contributed by atoms with Crippen molar-refractivity contribution in [2.75, 3.05) is 19.8 Å². The molecule has 0 aromatic heterocycles. The third-order valence-corrected chi connectivity index (χ3v) is 11.1. The first-order chi connectivity index (χ1) is 33.9. The molecule has 0 spiro atoms. The summed E-state index contributed by atoms with van der Waals surface area (Å²) < 4.78 is 656. The molecule has 0 bridgehead atoms. The summed E-state index contributed by atoms with van der Waals surface area (Å²) in [4.78, 5) is 0. The monoisotopic (exact) mass is 1340 g/mol. The molecule has 0 radical (unpaired) electrons. The average Bonchev–Trinajstić information content (AvgIpc) is 3.20. The van der Waals surface area contributed by atoms with Gasteiger partial charge in [-0.25, -0.2) is 4.57 Å². The first-order valence-electron chi connectivity index (χ1n) is 17.8. The van der Waals surface area contributed by atoms with Gasteiger partial charge in [0, 0.05) is 19.3 Å². The van der Waals surface area contributed by atoms with Crippen LogP contribution < -0.4 is 0 Å². The fourth-order valence-electron chi connectivity index (χ4n) is 4.63. The molecule has 0 saturated heterocycles. The molecule has 0 fully saturated rings. The van der Waals surface area contributed by atoms with Gasteiger partial charge in [-0.1, -0.05) is 0 Å². The fourth-order valence-corrected chi connectivity index (χ4v) is 5.80. The van der Waals surface area contributed by atoms with Crippen molar-refractivity contribution in [1.29, 1.82) is 0 Å². The molecule has 0 unspecified atom stereocenters. The van der Waals surface area contributed by atoms with Crippen molar-refractivity contribution in [1.82, 2.24) is 0 Å². The zero-order valence-electron chi connectivity index (χ0n) is 35.1. The van der Waals surface area contributed by atoms with Gasteiger partial charge in [0.2, 0.25) is 0 Å². The lowest BCUT2D eigenvalue weighted by molar-refractivity contribution is -0.474. The van der Waals surface area contributed by atoms with E-state index in [2.05, 4.69) is 13.6 Å². The zero-order chi connectivity index (χ0) is 65.9. The van der Waals surface area contributed by atoms with Crippen LogP contribution in [-0.2, 0) is 18.1 Å². The first-order valence-corrected chi connectivity index (χ1v) is 19.2. The number of phosphoric acid groups is 1. The van der Waals surface area contributed by atoms with Crippen LogP contribution in [-0.4, -0.2) is 151 Å². The van der Waals surface area contributed by atoms with Crippen molar-refractivity contribution < 1.29 is 224 Å². The minimum Gasteiger partial charge on any atom is -0.287 e. The highest BCUT2D eigenvalue weighted by Crippen LogP contribution is 2.68. The van der Waals surface area contributed by atoms with Gasteiger partial charge in [-0.2, -0.15) is 206 Å². The summed E-state index contributed by atoms with van der Waals surface area (Å²) in [6, 6.07) is 0. The average molecular weight is 1340 g/mol. The SMILES string of the molecule is O=P(OCCC(F)(F)C(F)(F)C(F)(F)C(F)(F)C(F)(F)C(F)(F)F)(OCCC(F)(F)C(F)(F)C(F)(F)C(F)(F)C(F)(F)C(F)(F)F)OCCC(F)(F)C(F)(F)C(F)(F)C(F)(F)C(F)(F)C(F)(F)C(F)(F)C(F)(F)C(F)(F)C(F)(F)F. The summed E-state index contributed by atoms with van der Waals surface area (Å²) in [5, 5.41) is 0. The van der Waals surface area contributed by atoms with E-state index in [1.807, 2.05) is 0 Å². The lowest BCUT2D eigenvalue weighted by Crippen LogP contribution is -2.76. The second-order valence-corrected chi connectivity index (χ2v) is 16.7. The maximum absolute atomic E-state index is 14.4. The number of hydrogen-bond acceptors (Lipinski definition) is 4. The van der Waals surface area contributed by atoms with E-state index < -0.39 is 178 Å². The Hall–Kier alpha value is -3.18. The summed E-state index contributed by atoms with van der Waals surface area (Å²) >= 11 is 0. The molecule has 0 aliphatic carbocycles. The standard InChI is InChI=1S/C28H12F47O4P/c29-7(30,10(35,36)13(41,42)16(47,48)17(49,50)18(51,52)19(53,54)22(59,60)25(65,66)28(73,74)75)1-4-77-80(76,78-5-2-8(31,32)11(37,38)14(43,44)20(55,56)23(61,62)26(67,68)69)79-6-3-9(33,34)12(39,40)15(45,46)21(57,58)24(63,64)27(70,71)72/h1-6H2. The largest absolute Gasteiger partial charge is 0.474 e. The molecule has 482 valence electrons. The minimum absolute atomic E-state index is 3.03.